The highest BCUT2D eigenvalue weighted by Gasteiger charge is 2.44. The number of rotatable bonds is 10. The first-order valence-corrected chi connectivity index (χ1v) is 10.7. The Balaban J connectivity index is 2.07. The van der Waals surface area contributed by atoms with Crippen LogP contribution in [0.4, 0.5) is 0 Å². The van der Waals surface area contributed by atoms with E-state index in [0.29, 0.717) is 41.6 Å². The quantitative estimate of drug-likeness (QED) is 0.448. The minimum atomic E-state index is -0.732. The standard InChI is InChI=1S/C23H26N2O5S/c1-5-12-30-16-9-8-15(14-17(16)29-4)20-19(21(26)18-7-6-13-31-18)22(27)23(28)25(20)11-10-24(2)3/h5-9,13-14,20,27H,1,10-12H2,2-4H3. The summed E-state index contributed by atoms with van der Waals surface area (Å²) in [6, 6.07) is 7.96. The molecule has 0 saturated heterocycles. The number of amides is 1. The molecule has 31 heavy (non-hydrogen) atoms. The van der Waals surface area contributed by atoms with Gasteiger partial charge < -0.3 is 24.4 Å². The van der Waals surface area contributed by atoms with Crippen molar-refractivity contribution in [3.8, 4) is 11.5 Å². The zero-order valence-corrected chi connectivity index (χ0v) is 18.6. The maximum atomic E-state index is 13.2. The monoisotopic (exact) mass is 442 g/mol. The van der Waals surface area contributed by atoms with Gasteiger partial charge in [0.1, 0.15) is 6.61 Å². The Morgan fingerprint density at radius 3 is 2.71 bits per heavy atom. The van der Waals surface area contributed by atoms with Crippen molar-refractivity contribution in [2.75, 3.05) is 40.9 Å². The summed E-state index contributed by atoms with van der Waals surface area (Å²) >= 11 is 1.27. The van der Waals surface area contributed by atoms with Crippen molar-refractivity contribution in [3.05, 3.63) is 70.1 Å². The lowest BCUT2D eigenvalue weighted by atomic mass is 9.95. The average Bonchev–Trinajstić information content (AvgIpc) is 3.38. The fourth-order valence-corrected chi connectivity index (χ4v) is 4.11. The van der Waals surface area contributed by atoms with Crippen LogP contribution in [-0.4, -0.2) is 67.5 Å². The normalized spacial score (nSPS) is 16.2. The van der Waals surface area contributed by atoms with Crippen LogP contribution in [-0.2, 0) is 4.79 Å². The Morgan fingerprint density at radius 1 is 1.32 bits per heavy atom. The van der Waals surface area contributed by atoms with Crippen LogP contribution in [0.1, 0.15) is 21.3 Å². The molecule has 1 atom stereocenters. The molecule has 0 aliphatic carbocycles. The number of benzene rings is 1. The molecule has 1 aliphatic heterocycles. The van der Waals surface area contributed by atoms with E-state index >= 15 is 0 Å². The topological polar surface area (TPSA) is 79.3 Å². The largest absolute Gasteiger partial charge is 0.503 e. The number of methoxy groups -OCH3 is 1. The van der Waals surface area contributed by atoms with Gasteiger partial charge in [-0.05, 0) is 43.2 Å². The van der Waals surface area contributed by atoms with Crippen molar-refractivity contribution in [2.45, 2.75) is 6.04 Å². The Kier molecular flexibility index (Phi) is 7.14. The molecule has 1 N–H and O–H groups in total. The number of hydrogen-bond acceptors (Lipinski definition) is 7. The summed E-state index contributed by atoms with van der Waals surface area (Å²) in [7, 11) is 5.32. The van der Waals surface area contributed by atoms with Crippen molar-refractivity contribution in [2.24, 2.45) is 0 Å². The number of nitrogens with zero attached hydrogens (tertiary/aromatic N) is 2. The van der Waals surface area contributed by atoms with Crippen molar-refractivity contribution < 1.29 is 24.2 Å². The van der Waals surface area contributed by atoms with Crippen LogP contribution in [0.2, 0.25) is 0 Å². The molecule has 3 rings (SSSR count). The Hall–Kier alpha value is -3.10. The number of thiophene rings is 1. The van der Waals surface area contributed by atoms with Gasteiger partial charge in [0.25, 0.3) is 5.91 Å². The minimum absolute atomic E-state index is 0.0769. The number of hydrogen-bond donors (Lipinski definition) is 1. The fourth-order valence-electron chi connectivity index (χ4n) is 3.43. The number of carbonyl (C=O) groups excluding carboxylic acids is 2. The predicted octanol–water partition coefficient (Wildman–Crippen LogP) is 3.46. The number of aliphatic hydroxyl groups excluding tert-OH is 1. The molecule has 0 radical (unpaired) electrons. The van der Waals surface area contributed by atoms with E-state index in [4.69, 9.17) is 9.47 Å². The predicted molar refractivity (Wildman–Crippen MR) is 120 cm³/mol. The lowest BCUT2D eigenvalue weighted by Crippen LogP contribution is -2.36. The molecule has 0 bridgehead atoms. The molecule has 1 unspecified atom stereocenters. The van der Waals surface area contributed by atoms with Gasteiger partial charge in [0, 0.05) is 13.1 Å². The molecule has 1 aliphatic rings. The lowest BCUT2D eigenvalue weighted by Gasteiger charge is -2.28. The van der Waals surface area contributed by atoms with Gasteiger partial charge in [0.05, 0.1) is 23.6 Å². The van der Waals surface area contributed by atoms with Crippen LogP contribution in [0.15, 0.2) is 59.7 Å². The zero-order valence-electron chi connectivity index (χ0n) is 17.8. The van der Waals surface area contributed by atoms with E-state index in [2.05, 4.69) is 6.58 Å². The summed E-state index contributed by atoms with van der Waals surface area (Å²) in [5.74, 6) is -0.432. The smallest absolute Gasteiger partial charge is 0.290 e. The average molecular weight is 443 g/mol. The fraction of sp³-hybridized carbons (Fsp3) is 0.304. The van der Waals surface area contributed by atoms with Gasteiger partial charge >= 0.3 is 0 Å². The van der Waals surface area contributed by atoms with Gasteiger partial charge in [0.2, 0.25) is 5.78 Å². The molecule has 1 amide bonds. The molecule has 7 nitrogen and oxygen atoms in total. The van der Waals surface area contributed by atoms with Crippen LogP contribution in [0, 0.1) is 0 Å². The second kappa shape index (κ2) is 9.80. The highest BCUT2D eigenvalue weighted by atomic mass is 32.1. The summed E-state index contributed by atoms with van der Waals surface area (Å²) in [4.78, 5) is 30.1. The minimum Gasteiger partial charge on any atom is -0.503 e. The SMILES string of the molecule is C=CCOc1ccc(C2C(C(=O)c3cccs3)=C(O)C(=O)N2CCN(C)C)cc1OC. The zero-order chi connectivity index (χ0) is 22.5. The van der Waals surface area contributed by atoms with Gasteiger partial charge in [0.15, 0.2) is 17.3 Å². The third-order valence-electron chi connectivity index (χ3n) is 4.94. The van der Waals surface area contributed by atoms with E-state index in [1.165, 1.54) is 23.3 Å². The van der Waals surface area contributed by atoms with E-state index in [1.807, 2.05) is 19.0 Å². The third-order valence-corrected chi connectivity index (χ3v) is 5.81. The molecular formula is C23H26N2O5S. The van der Waals surface area contributed by atoms with Crippen molar-refractivity contribution >= 4 is 23.0 Å². The van der Waals surface area contributed by atoms with E-state index in [0.717, 1.165) is 0 Å². The van der Waals surface area contributed by atoms with Gasteiger partial charge in [-0.1, -0.05) is 24.8 Å². The molecule has 0 saturated carbocycles. The molecular weight excluding hydrogens is 416 g/mol. The maximum absolute atomic E-state index is 13.2. The molecule has 2 aromatic rings. The van der Waals surface area contributed by atoms with Crippen LogP contribution in [0.25, 0.3) is 0 Å². The van der Waals surface area contributed by atoms with Crippen LogP contribution in [0.5, 0.6) is 11.5 Å². The molecule has 1 aromatic heterocycles. The first-order valence-electron chi connectivity index (χ1n) is 9.77. The molecule has 1 aromatic carbocycles. The van der Waals surface area contributed by atoms with E-state index in [9.17, 15) is 14.7 Å². The van der Waals surface area contributed by atoms with Crippen molar-refractivity contribution in [3.63, 3.8) is 0 Å². The molecule has 8 heteroatoms. The Bertz CT molecular complexity index is 997. The first-order chi connectivity index (χ1) is 14.9. The molecule has 2 heterocycles. The van der Waals surface area contributed by atoms with Crippen LogP contribution >= 0.6 is 11.3 Å². The molecule has 164 valence electrons. The lowest BCUT2D eigenvalue weighted by molar-refractivity contribution is -0.129. The van der Waals surface area contributed by atoms with Gasteiger partial charge in [-0.25, -0.2) is 0 Å². The number of ketones is 1. The summed E-state index contributed by atoms with van der Waals surface area (Å²) in [6.07, 6.45) is 1.63. The van der Waals surface area contributed by atoms with Crippen molar-refractivity contribution in [1.82, 2.24) is 9.80 Å². The summed E-state index contributed by atoms with van der Waals surface area (Å²) < 4.78 is 11.1. The number of Topliss-reactive ketones (excluding diaryl/α,β-unsaturated/α-hetero) is 1. The highest BCUT2D eigenvalue weighted by Crippen LogP contribution is 2.41. The Labute approximate surface area is 185 Å². The van der Waals surface area contributed by atoms with Gasteiger partial charge in [-0.2, -0.15) is 0 Å². The van der Waals surface area contributed by atoms with E-state index < -0.39 is 17.7 Å². The van der Waals surface area contributed by atoms with E-state index in [1.54, 1.807) is 41.8 Å². The summed E-state index contributed by atoms with van der Waals surface area (Å²) in [5, 5.41) is 12.5. The van der Waals surface area contributed by atoms with Crippen LogP contribution in [0.3, 0.4) is 0 Å². The molecule has 0 fully saturated rings. The second-order valence-corrected chi connectivity index (χ2v) is 8.23. The van der Waals surface area contributed by atoms with Crippen LogP contribution < -0.4 is 9.47 Å². The first kappa shape index (κ1) is 22.6. The Morgan fingerprint density at radius 2 is 2.10 bits per heavy atom. The number of ether oxygens (including phenoxy) is 2. The number of likely N-dealkylation sites (N-methyl/N-ethyl adjacent to an activating group) is 1. The number of aliphatic hydroxyl groups is 1. The maximum Gasteiger partial charge on any atom is 0.290 e. The van der Waals surface area contributed by atoms with Gasteiger partial charge in [-0.15, -0.1) is 11.3 Å². The van der Waals surface area contributed by atoms with Crippen molar-refractivity contribution in [1.29, 1.82) is 0 Å². The summed E-state index contributed by atoms with van der Waals surface area (Å²) in [6.45, 7) is 4.88. The molecule has 0 spiro atoms. The van der Waals surface area contributed by atoms with Gasteiger partial charge in [-0.3, -0.25) is 9.59 Å². The second-order valence-electron chi connectivity index (χ2n) is 7.28. The number of carbonyl (C=O) groups is 2. The highest BCUT2D eigenvalue weighted by molar-refractivity contribution is 7.12. The van der Waals surface area contributed by atoms with E-state index in [-0.39, 0.29) is 11.4 Å². The summed E-state index contributed by atoms with van der Waals surface area (Å²) in [5.41, 5.74) is 0.729. The third kappa shape index (κ3) is 4.65.